The number of hydrogen-bond donors (Lipinski definition) is 3. The lowest BCUT2D eigenvalue weighted by Crippen LogP contribution is -2.25. The number of H-pyrrole nitrogens is 1. The van der Waals surface area contributed by atoms with E-state index in [1.165, 1.54) is 11.5 Å². The summed E-state index contributed by atoms with van der Waals surface area (Å²) >= 11 is 5.30. The first kappa shape index (κ1) is 22.4. The van der Waals surface area contributed by atoms with E-state index < -0.39 is 5.56 Å². The molecule has 8 heteroatoms. The van der Waals surface area contributed by atoms with Gasteiger partial charge in [-0.25, -0.2) is 4.99 Å². The highest BCUT2D eigenvalue weighted by molar-refractivity contribution is 7.71. The molecule has 0 radical (unpaired) electrons. The van der Waals surface area contributed by atoms with Gasteiger partial charge in [-0.2, -0.15) is 0 Å². The molecule has 3 N–H and O–H groups in total. The Morgan fingerprint density at radius 3 is 2.64 bits per heavy atom. The maximum atomic E-state index is 12.7. The second-order valence-electron chi connectivity index (χ2n) is 7.75. The van der Waals surface area contributed by atoms with Crippen LogP contribution < -0.4 is 21.5 Å². The van der Waals surface area contributed by atoms with E-state index in [-0.39, 0.29) is 22.1 Å². The van der Waals surface area contributed by atoms with Crippen LogP contribution in [-0.4, -0.2) is 27.1 Å². The van der Waals surface area contributed by atoms with Gasteiger partial charge in [0.2, 0.25) is 11.8 Å². The molecule has 0 saturated carbocycles. The summed E-state index contributed by atoms with van der Waals surface area (Å²) in [6.07, 6.45) is 2.78. The van der Waals surface area contributed by atoms with Crippen LogP contribution in [0.25, 0.3) is 11.6 Å². The maximum Gasteiger partial charge on any atom is 0.262 e. The van der Waals surface area contributed by atoms with E-state index in [9.17, 15) is 14.7 Å². The molecular weight excluding hydrogens is 436 g/mol. The van der Waals surface area contributed by atoms with Crippen molar-refractivity contribution in [2.75, 3.05) is 6.54 Å². The standard InChI is InChI=1S/C25H24N4O3S/c1-16(30)26-13-11-19-18-9-5-6-10-21(18)27-22(19)15-20-23(31)28-25(33)29(24(20)32)14-12-17-7-3-2-4-8-17/h2-10,15,32H,11-14H2,1H3,(H,26,30)(H,28,31,33)/b22-15-. The third-order valence-electron chi connectivity index (χ3n) is 5.48. The Morgan fingerprint density at radius 2 is 1.88 bits per heavy atom. The van der Waals surface area contributed by atoms with E-state index in [2.05, 4.69) is 15.3 Å². The van der Waals surface area contributed by atoms with Gasteiger partial charge in [0.15, 0.2) is 4.77 Å². The highest BCUT2D eigenvalue weighted by Crippen LogP contribution is 2.24. The summed E-state index contributed by atoms with van der Waals surface area (Å²) in [6, 6.07) is 17.5. The molecule has 0 bridgehead atoms. The Balaban J connectivity index is 1.73. The Labute approximate surface area is 195 Å². The number of fused-ring (bicyclic) bond motifs is 1. The van der Waals surface area contributed by atoms with Crippen LogP contribution in [0, 0.1) is 4.77 Å². The fourth-order valence-electron chi connectivity index (χ4n) is 3.84. The normalized spacial score (nSPS) is 13.6. The Hall–Kier alpha value is -3.78. The Kier molecular flexibility index (Phi) is 6.65. The first-order valence-corrected chi connectivity index (χ1v) is 11.1. The third-order valence-corrected chi connectivity index (χ3v) is 5.81. The first-order chi connectivity index (χ1) is 15.9. The fourth-order valence-corrected chi connectivity index (χ4v) is 4.11. The monoisotopic (exact) mass is 460 g/mol. The molecule has 0 spiro atoms. The molecule has 4 rings (SSSR count). The number of benzene rings is 2. The minimum Gasteiger partial charge on any atom is -0.494 e. The van der Waals surface area contributed by atoms with Crippen LogP contribution in [0.3, 0.4) is 0 Å². The van der Waals surface area contributed by atoms with Crippen molar-refractivity contribution in [3.05, 3.63) is 97.1 Å². The van der Waals surface area contributed by atoms with Gasteiger partial charge in [0.25, 0.3) is 5.56 Å². The van der Waals surface area contributed by atoms with Crippen LogP contribution in [0.15, 0.2) is 70.1 Å². The number of para-hydroxylation sites is 1. The summed E-state index contributed by atoms with van der Waals surface area (Å²) in [6.45, 7) is 2.32. The van der Waals surface area contributed by atoms with Gasteiger partial charge >= 0.3 is 0 Å². The molecule has 0 saturated heterocycles. The van der Waals surface area contributed by atoms with Gasteiger partial charge in [0.1, 0.15) is 5.56 Å². The van der Waals surface area contributed by atoms with Crippen molar-refractivity contribution in [2.45, 2.75) is 26.3 Å². The predicted octanol–water partition coefficient (Wildman–Crippen LogP) is 2.21. The summed E-state index contributed by atoms with van der Waals surface area (Å²) in [5.74, 6) is -0.307. The molecule has 0 unspecified atom stereocenters. The maximum absolute atomic E-state index is 12.7. The molecular formula is C25H24N4O3S. The summed E-state index contributed by atoms with van der Waals surface area (Å²) in [5, 5.41) is 15.5. The minimum absolute atomic E-state index is 0.0974. The van der Waals surface area contributed by atoms with Crippen LogP contribution >= 0.6 is 12.2 Å². The van der Waals surface area contributed by atoms with Gasteiger partial charge in [0.05, 0.1) is 11.1 Å². The van der Waals surface area contributed by atoms with Gasteiger partial charge in [-0.05, 0) is 48.3 Å². The Morgan fingerprint density at radius 1 is 1.15 bits per heavy atom. The lowest BCUT2D eigenvalue weighted by molar-refractivity contribution is -0.118. The average Bonchev–Trinajstić information content (AvgIpc) is 3.14. The lowest BCUT2D eigenvalue weighted by atomic mass is 10.1. The average molecular weight is 461 g/mol. The molecule has 0 aliphatic carbocycles. The number of carbonyl (C=O) groups is 1. The third kappa shape index (κ3) is 5.01. The number of aromatic nitrogens is 2. The number of aromatic amines is 1. The van der Waals surface area contributed by atoms with Crippen molar-refractivity contribution in [2.24, 2.45) is 4.99 Å². The molecule has 1 aliphatic heterocycles. The molecule has 0 atom stereocenters. The van der Waals surface area contributed by atoms with E-state index in [4.69, 9.17) is 12.2 Å². The molecule has 0 fully saturated rings. The lowest BCUT2D eigenvalue weighted by Gasteiger charge is -2.12. The summed E-state index contributed by atoms with van der Waals surface area (Å²) < 4.78 is 1.69. The quantitative estimate of drug-likeness (QED) is 0.471. The topological polar surface area (TPSA) is 99.5 Å². The van der Waals surface area contributed by atoms with Gasteiger partial charge in [-0.1, -0.05) is 48.5 Å². The predicted molar refractivity (Wildman–Crippen MR) is 130 cm³/mol. The smallest absolute Gasteiger partial charge is 0.262 e. The van der Waals surface area contributed by atoms with E-state index >= 15 is 0 Å². The number of hydrogen-bond acceptors (Lipinski definition) is 5. The zero-order valence-electron chi connectivity index (χ0n) is 18.2. The van der Waals surface area contributed by atoms with E-state index in [1.54, 1.807) is 6.08 Å². The second kappa shape index (κ2) is 9.79. The molecule has 1 aliphatic rings. The molecule has 7 nitrogen and oxygen atoms in total. The molecule has 168 valence electrons. The fraction of sp³-hybridized carbons (Fsp3) is 0.200. The number of nitrogens with one attached hydrogen (secondary N) is 2. The van der Waals surface area contributed by atoms with Crippen LogP contribution in [0.5, 0.6) is 5.88 Å². The highest BCUT2D eigenvalue weighted by Gasteiger charge is 2.17. The van der Waals surface area contributed by atoms with E-state index in [0.29, 0.717) is 31.6 Å². The van der Waals surface area contributed by atoms with Gasteiger partial charge in [-0.3, -0.25) is 19.1 Å². The van der Waals surface area contributed by atoms with Crippen molar-refractivity contribution >= 4 is 29.8 Å². The molecule has 2 aromatic carbocycles. The van der Waals surface area contributed by atoms with Gasteiger partial charge in [0, 0.05) is 25.2 Å². The summed E-state index contributed by atoms with van der Waals surface area (Å²) in [4.78, 5) is 31.3. The van der Waals surface area contributed by atoms with Crippen LogP contribution in [-0.2, 0) is 17.8 Å². The van der Waals surface area contributed by atoms with Crippen molar-refractivity contribution < 1.29 is 9.90 Å². The second-order valence-corrected chi connectivity index (χ2v) is 8.14. The number of rotatable bonds is 7. The highest BCUT2D eigenvalue weighted by atomic mass is 32.1. The van der Waals surface area contributed by atoms with Gasteiger partial charge in [-0.15, -0.1) is 0 Å². The molecule has 1 amide bonds. The van der Waals surface area contributed by atoms with Crippen molar-refractivity contribution in [3.8, 4) is 5.88 Å². The molecule has 3 aromatic rings. The number of amides is 1. The number of allylic oxidation sites excluding steroid dienone is 1. The van der Waals surface area contributed by atoms with E-state index in [1.807, 2.05) is 54.6 Å². The number of carbonyl (C=O) groups excluding carboxylic acids is 1. The van der Waals surface area contributed by atoms with Crippen molar-refractivity contribution in [1.29, 1.82) is 0 Å². The summed E-state index contributed by atoms with van der Waals surface area (Å²) in [7, 11) is 0. The number of nitrogens with zero attached hydrogens (tertiary/aromatic N) is 2. The van der Waals surface area contributed by atoms with Crippen LogP contribution in [0.2, 0.25) is 0 Å². The van der Waals surface area contributed by atoms with Crippen molar-refractivity contribution in [1.82, 2.24) is 14.9 Å². The molecule has 1 aromatic heterocycles. The largest absolute Gasteiger partial charge is 0.494 e. The van der Waals surface area contributed by atoms with Gasteiger partial charge < -0.3 is 10.4 Å². The number of aromatic hydroxyl groups is 1. The zero-order chi connectivity index (χ0) is 23.4. The SMILES string of the molecule is CC(=O)NCCC1=c2ccccc2=N/C1=C\c1c(O)n(CCc2ccccc2)c(=S)[nH]c1=O. The first-order valence-electron chi connectivity index (χ1n) is 10.7. The van der Waals surface area contributed by atoms with E-state index in [0.717, 1.165) is 21.7 Å². The Bertz CT molecular complexity index is 1470. The minimum atomic E-state index is -0.478. The van der Waals surface area contributed by atoms with Crippen LogP contribution in [0.4, 0.5) is 0 Å². The number of aryl methyl sites for hydroxylation is 1. The molecule has 2 heterocycles. The molecule has 33 heavy (non-hydrogen) atoms. The zero-order valence-corrected chi connectivity index (χ0v) is 19.0. The summed E-state index contributed by atoms with van der Waals surface area (Å²) in [5.41, 5.74) is 2.19. The van der Waals surface area contributed by atoms with Crippen molar-refractivity contribution in [3.63, 3.8) is 0 Å². The van der Waals surface area contributed by atoms with Crippen LogP contribution in [0.1, 0.15) is 24.5 Å².